The van der Waals surface area contributed by atoms with Crippen molar-refractivity contribution in [2.24, 2.45) is 0 Å². The third kappa shape index (κ3) is 1.40. The van der Waals surface area contributed by atoms with Gasteiger partial charge in [-0.2, -0.15) is 0 Å². The number of allylic oxidation sites excluding steroid dienone is 5. The maximum absolute atomic E-state index is 10.9. The molecule has 0 spiro atoms. The molecule has 0 fully saturated rings. The van der Waals surface area contributed by atoms with Crippen molar-refractivity contribution in [3.63, 3.8) is 0 Å². The molecular weight excluding hydrogens is 168 g/mol. The summed E-state index contributed by atoms with van der Waals surface area (Å²) < 4.78 is 4.94. The largest absolute Gasteiger partial charge is 0.511 e. The number of rotatable bonds is 0. The standard InChI is InChI=1S/C10H8O3/c11-8-6-10(12)13-9-5-3-1-2-4-7(8)9/h1-5,11H,6H2. The van der Waals surface area contributed by atoms with Crippen LogP contribution in [0.2, 0.25) is 0 Å². The molecule has 1 heterocycles. The lowest BCUT2D eigenvalue weighted by Crippen LogP contribution is -2.14. The first kappa shape index (κ1) is 7.86. The normalized spacial score (nSPS) is 20.6. The molecule has 0 aromatic rings. The zero-order valence-corrected chi connectivity index (χ0v) is 6.86. The molecule has 0 bridgehead atoms. The van der Waals surface area contributed by atoms with Crippen molar-refractivity contribution >= 4 is 5.97 Å². The van der Waals surface area contributed by atoms with E-state index in [1.165, 1.54) is 0 Å². The Balaban J connectivity index is 2.50. The second-order valence-corrected chi connectivity index (χ2v) is 2.79. The number of fused-ring (bicyclic) bond motifs is 1. The molecule has 2 rings (SSSR count). The summed E-state index contributed by atoms with van der Waals surface area (Å²) >= 11 is 0. The number of carbonyl (C=O) groups excluding carboxylic acids is 1. The topological polar surface area (TPSA) is 46.5 Å². The second-order valence-electron chi connectivity index (χ2n) is 2.79. The summed E-state index contributed by atoms with van der Waals surface area (Å²) in [6.45, 7) is 0. The summed E-state index contributed by atoms with van der Waals surface area (Å²) in [7, 11) is 0. The fourth-order valence-electron chi connectivity index (χ4n) is 1.25. The highest BCUT2D eigenvalue weighted by Gasteiger charge is 2.22. The van der Waals surface area contributed by atoms with Gasteiger partial charge in [0.05, 0.1) is 5.57 Å². The van der Waals surface area contributed by atoms with Crippen LogP contribution in [0, 0.1) is 0 Å². The quantitative estimate of drug-likeness (QED) is 0.572. The van der Waals surface area contributed by atoms with E-state index < -0.39 is 5.97 Å². The number of ether oxygens (including phenoxy) is 1. The SMILES string of the molecule is O=C1CC(O)=C2C=CC=CC=C2O1. The molecular formula is C10H8O3. The molecule has 2 aliphatic rings. The number of esters is 1. The molecule has 0 amide bonds. The number of carbonyl (C=O) groups is 1. The predicted octanol–water partition coefficient (Wildman–Crippen LogP) is 1.76. The predicted molar refractivity (Wildman–Crippen MR) is 46.7 cm³/mol. The van der Waals surface area contributed by atoms with Crippen molar-refractivity contribution in [1.82, 2.24) is 0 Å². The monoisotopic (exact) mass is 176 g/mol. The number of hydrogen-bond acceptors (Lipinski definition) is 3. The molecule has 3 heteroatoms. The van der Waals surface area contributed by atoms with Crippen molar-refractivity contribution in [3.8, 4) is 0 Å². The summed E-state index contributed by atoms with van der Waals surface area (Å²) in [5, 5.41) is 9.46. The van der Waals surface area contributed by atoms with Crippen molar-refractivity contribution in [2.45, 2.75) is 6.42 Å². The van der Waals surface area contributed by atoms with E-state index in [4.69, 9.17) is 4.74 Å². The number of aliphatic hydroxyl groups excluding tert-OH is 1. The lowest BCUT2D eigenvalue weighted by molar-refractivity contribution is -0.139. The Morgan fingerprint density at radius 1 is 1.31 bits per heavy atom. The minimum atomic E-state index is -0.420. The van der Waals surface area contributed by atoms with Gasteiger partial charge in [0.1, 0.15) is 17.9 Å². The van der Waals surface area contributed by atoms with Crippen LogP contribution in [-0.2, 0) is 9.53 Å². The van der Waals surface area contributed by atoms with Gasteiger partial charge >= 0.3 is 5.97 Å². The van der Waals surface area contributed by atoms with Crippen molar-refractivity contribution in [1.29, 1.82) is 0 Å². The Labute approximate surface area is 75.3 Å². The first-order valence-corrected chi connectivity index (χ1v) is 3.95. The van der Waals surface area contributed by atoms with Crippen LogP contribution in [0.25, 0.3) is 0 Å². The van der Waals surface area contributed by atoms with Crippen LogP contribution in [0.5, 0.6) is 0 Å². The third-order valence-electron chi connectivity index (χ3n) is 1.84. The highest BCUT2D eigenvalue weighted by molar-refractivity contribution is 5.77. The number of hydrogen-bond donors (Lipinski definition) is 1. The molecule has 0 atom stereocenters. The van der Waals surface area contributed by atoms with E-state index in [1.807, 2.05) is 0 Å². The molecule has 66 valence electrons. The van der Waals surface area contributed by atoms with Crippen molar-refractivity contribution in [2.75, 3.05) is 0 Å². The van der Waals surface area contributed by atoms with Crippen LogP contribution in [0.4, 0.5) is 0 Å². The van der Waals surface area contributed by atoms with E-state index in [0.717, 1.165) is 0 Å². The summed E-state index contributed by atoms with van der Waals surface area (Å²) in [5.41, 5.74) is 0.588. The van der Waals surface area contributed by atoms with Gasteiger partial charge in [0, 0.05) is 0 Å². The smallest absolute Gasteiger partial charge is 0.318 e. The molecule has 3 nitrogen and oxygen atoms in total. The molecule has 0 saturated heterocycles. The van der Waals surface area contributed by atoms with Gasteiger partial charge in [-0.1, -0.05) is 18.2 Å². The first-order chi connectivity index (χ1) is 6.27. The van der Waals surface area contributed by atoms with Crippen molar-refractivity contribution < 1.29 is 14.6 Å². The van der Waals surface area contributed by atoms with Gasteiger partial charge in [-0.05, 0) is 12.2 Å². The van der Waals surface area contributed by atoms with E-state index in [-0.39, 0.29) is 12.2 Å². The average molecular weight is 176 g/mol. The van der Waals surface area contributed by atoms with Crippen LogP contribution in [0.1, 0.15) is 6.42 Å². The van der Waals surface area contributed by atoms with Gasteiger partial charge in [-0.3, -0.25) is 4.79 Å². The van der Waals surface area contributed by atoms with Crippen LogP contribution in [0.3, 0.4) is 0 Å². The third-order valence-corrected chi connectivity index (χ3v) is 1.84. The summed E-state index contributed by atoms with van der Waals surface area (Å²) in [6, 6.07) is 0. The van der Waals surface area contributed by atoms with Crippen molar-refractivity contribution in [3.05, 3.63) is 47.5 Å². The van der Waals surface area contributed by atoms with Crippen LogP contribution in [-0.4, -0.2) is 11.1 Å². The molecule has 13 heavy (non-hydrogen) atoms. The van der Waals surface area contributed by atoms with Crippen LogP contribution in [0.15, 0.2) is 47.5 Å². The zero-order valence-electron chi connectivity index (χ0n) is 6.86. The Hall–Kier alpha value is -1.77. The van der Waals surface area contributed by atoms with Gasteiger partial charge in [0.2, 0.25) is 0 Å². The van der Waals surface area contributed by atoms with E-state index >= 15 is 0 Å². The summed E-state index contributed by atoms with van der Waals surface area (Å²) in [6.07, 6.45) is 8.68. The van der Waals surface area contributed by atoms with Crippen LogP contribution >= 0.6 is 0 Å². The molecule has 0 aromatic carbocycles. The first-order valence-electron chi connectivity index (χ1n) is 3.95. The lowest BCUT2D eigenvalue weighted by atomic mass is 10.1. The summed E-state index contributed by atoms with van der Waals surface area (Å²) in [5.74, 6) is 0.0670. The highest BCUT2D eigenvalue weighted by Crippen LogP contribution is 2.26. The van der Waals surface area contributed by atoms with Gasteiger partial charge < -0.3 is 9.84 Å². The Kier molecular flexibility index (Phi) is 1.77. The maximum atomic E-state index is 10.9. The highest BCUT2D eigenvalue weighted by atomic mass is 16.5. The minimum absolute atomic E-state index is 0.0446. The fraction of sp³-hybridized carbons (Fsp3) is 0.100. The minimum Gasteiger partial charge on any atom is -0.511 e. The Bertz CT molecular complexity index is 370. The molecule has 0 radical (unpaired) electrons. The lowest BCUT2D eigenvalue weighted by Gasteiger charge is -2.15. The fourth-order valence-corrected chi connectivity index (χ4v) is 1.25. The Morgan fingerprint density at radius 2 is 2.15 bits per heavy atom. The molecule has 1 N–H and O–H groups in total. The zero-order chi connectivity index (χ0) is 9.26. The van der Waals surface area contributed by atoms with E-state index in [1.54, 1.807) is 30.4 Å². The Morgan fingerprint density at radius 3 is 3.00 bits per heavy atom. The molecule has 0 saturated carbocycles. The summed E-state index contributed by atoms with van der Waals surface area (Å²) in [4.78, 5) is 10.9. The van der Waals surface area contributed by atoms with Gasteiger partial charge in [0.25, 0.3) is 0 Å². The molecule has 0 aromatic heterocycles. The number of aliphatic hydroxyl groups is 1. The average Bonchev–Trinajstić information content (AvgIpc) is 2.28. The molecule has 0 unspecified atom stereocenters. The van der Waals surface area contributed by atoms with E-state index in [0.29, 0.717) is 11.3 Å². The van der Waals surface area contributed by atoms with E-state index in [9.17, 15) is 9.90 Å². The van der Waals surface area contributed by atoms with Gasteiger partial charge in [-0.25, -0.2) is 0 Å². The molecule has 1 aliphatic heterocycles. The molecule has 1 aliphatic carbocycles. The maximum Gasteiger partial charge on any atom is 0.318 e. The van der Waals surface area contributed by atoms with Gasteiger partial charge in [-0.15, -0.1) is 0 Å². The van der Waals surface area contributed by atoms with Gasteiger partial charge in [0.15, 0.2) is 0 Å². The van der Waals surface area contributed by atoms with Crippen LogP contribution < -0.4 is 0 Å². The second kappa shape index (κ2) is 2.94. The van der Waals surface area contributed by atoms with E-state index in [2.05, 4.69) is 0 Å².